The monoisotopic (exact) mass is 207 g/mol. The first-order valence-electron chi connectivity index (χ1n) is 4.36. The van der Waals surface area contributed by atoms with Gasteiger partial charge in [0.25, 0.3) is 0 Å². The fourth-order valence-corrected chi connectivity index (χ4v) is 1.39. The van der Waals surface area contributed by atoms with Gasteiger partial charge in [-0.1, -0.05) is 0 Å². The SMILES string of the molecule is ClCc1cnc(Cc2ccncc2)[nH]1. The van der Waals surface area contributed by atoms with Crippen LogP contribution in [0.4, 0.5) is 0 Å². The van der Waals surface area contributed by atoms with Gasteiger partial charge in [-0.15, -0.1) is 11.6 Å². The third-order valence-corrected chi connectivity index (χ3v) is 2.23. The molecular weight excluding hydrogens is 198 g/mol. The molecule has 0 atom stereocenters. The summed E-state index contributed by atoms with van der Waals surface area (Å²) in [4.78, 5) is 11.3. The number of imidazole rings is 1. The highest BCUT2D eigenvalue weighted by molar-refractivity contribution is 6.16. The van der Waals surface area contributed by atoms with Crippen molar-refractivity contribution in [3.05, 3.63) is 47.8 Å². The van der Waals surface area contributed by atoms with Crippen molar-refractivity contribution in [1.82, 2.24) is 15.0 Å². The van der Waals surface area contributed by atoms with Crippen molar-refractivity contribution in [1.29, 1.82) is 0 Å². The van der Waals surface area contributed by atoms with E-state index in [1.165, 1.54) is 5.56 Å². The molecule has 2 heterocycles. The standard InChI is InChI=1S/C10H10ClN3/c11-6-9-7-13-10(14-9)5-8-1-3-12-4-2-8/h1-4,7H,5-6H2,(H,13,14). The lowest BCUT2D eigenvalue weighted by molar-refractivity contribution is 1.01. The Morgan fingerprint density at radius 1 is 1.29 bits per heavy atom. The number of halogens is 1. The first kappa shape index (κ1) is 9.21. The number of aromatic nitrogens is 3. The third-order valence-electron chi connectivity index (χ3n) is 1.95. The van der Waals surface area contributed by atoms with Crippen LogP contribution >= 0.6 is 11.6 Å². The number of aromatic amines is 1. The number of nitrogens with zero attached hydrogens (tertiary/aromatic N) is 2. The van der Waals surface area contributed by atoms with Gasteiger partial charge in [-0.2, -0.15) is 0 Å². The van der Waals surface area contributed by atoms with E-state index in [4.69, 9.17) is 11.6 Å². The Kier molecular flexibility index (Phi) is 2.79. The van der Waals surface area contributed by atoms with E-state index in [9.17, 15) is 0 Å². The molecule has 0 bridgehead atoms. The topological polar surface area (TPSA) is 41.6 Å². The Bertz CT molecular complexity index is 397. The number of nitrogens with one attached hydrogen (secondary N) is 1. The lowest BCUT2D eigenvalue weighted by atomic mass is 10.2. The lowest BCUT2D eigenvalue weighted by Gasteiger charge is -1.96. The van der Waals surface area contributed by atoms with Crippen molar-refractivity contribution in [2.24, 2.45) is 0 Å². The Labute approximate surface area is 87.2 Å². The number of hydrogen-bond acceptors (Lipinski definition) is 2. The maximum Gasteiger partial charge on any atom is 0.110 e. The molecule has 0 aliphatic heterocycles. The second-order valence-corrected chi connectivity index (χ2v) is 3.29. The quantitative estimate of drug-likeness (QED) is 0.784. The summed E-state index contributed by atoms with van der Waals surface area (Å²) in [5.41, 5.74) is 2.14. The molecule has 0 unspecified atom stereocenters. The molecule has 2 rings (SSSR count). The predicted octanol–water partition coefficient (Wildman–Crippen LogP) is 2.13. The fraction of sp³-hybridized carbons (Fsp3) is 0.200. The minimum atomic E-state index is 0.476. The Morgan fingerprint density at radius 2 is 2.07 bits per heavy atom. The molecule has 2 aromatic rings. The zero-order valence-corrected chi connectivity index (χ0v) is 8.33. The lowest BCUT2D eigenvalue weighted by Crippen LogP contribution is -1.90. The second-order valence-electron chi connectivity index (χ2n) is 3.02. The van der Waals surface area contributed by atoms with Crippen LogP contribution in [0, 0.1) is 0 Å². The van der Waals surface area contributed by atoms with Crippen LogP contribution in [-0.2, 0) is 12.3 Å². The molecule has 1 N–H and O–H groups in total. The third kappa shape index (κ3) is 2.12. The highest BCUT2D eigenvalue weighted by atomic mass is 35.5. The van der Waals surface area contributed by atoms with Crippen LogP contribution < -0.4 is 0 Å². The molecule has 0 saturated heterocycles. The summed E-state index contributed by atoms with van der Waals surface area (Å²) in [5, 5.41) is 0. The zero-order chi connectivity index (χ0) is 9.80. The average Bonchev–Trinajstić information content (AvgIpc) is 2.67. The molecule has 0 spiro atoms. The largest absolute Gasteiger partial charge is 0.345 e. The maximum atomic E-state index is 5.66. The van der Waals surface area contributed by atoms with Gasteiger partial charge in [0.05, 0.1) is 5.88 Å². The number of H-pyrrole nitrogens is 1. The Hall–Kier alpha value is -1.35. The van der Waals surface area contributed by atoms with E-state index in [2.05, 4.69) is 15.0 Å². The number of hydrogen-bond donors (Lipinski definition) is 1. The van der Waals surface area contributed by atoms with Gasteiger partial charge >= 0.3 is 0 Å². The number of rotatable bonds is 3. The van der Waals surface area contributed by atoms with Crippen molar-refractivity contribution in [2.75, 3.05) is 0 Å². The van der Waals surface area contributed by atoms with Gasteiger partial charge in [-0.05, 0) is 17.7 Å². The van der Waals surface area contributed by atoms with Gasteiger partial charge in [-0.25, -0.2) is 4.98 Å². The number of pyridine rings is 1. The maximum absolute atomic E-state index is 5.66. The Morgan fingerprint density at radius 3 is 2.71 bits per heavy atom. The van der Waals surface area contributed by atoms with Crippen LogP contribution in [0.2, 0.25) is 0 Å². The molecule has 2 aromatic heterocycles. The van der Waals surface area contributed by atoms with Crippen LogP contribution in [0.1, 0.15) is 17.1 Å². The van der Waals surface area contributed by atoms with E-state index in [1.807, 2.05) is 12.1 Å². The van der Waals surface area contributed by atoms with Gasteiger partial charge in [-0.3, -0.25) is 4.98 Å². The summed E-state index contributed by atoms with van der Waals surface area (Å²) in [6.07, 6.45) is 6.12. The van der Waals surface area contributed by atoms with E-state index < -0.39 is 0 Å². The van der Waals surface area contributed by atoms with Crippen molar-refractivity contribution < 1.29 is 0 Å². The predicted molar refractivity (Wildman–Crippen MR) is 55.2 cm³/mol. The van der Waals surface area contributed by atoms with Crippen molar-refractivity contribution in [2.45, 2.75) is 12.3 Å². The summed E-state index contributed by atoms with van der Waals surface area (Å²) in [7, 11) is 0. The molecule has 0 fully saturated rings. The van der Waals surface area contributed by atoms with Gasteiger partial charge in [0.2, 0.25) is 0 Å². The van der Waals surface area contributed by atoms with E-state index >= 15 is 0 Å². The molecule has 3 nitrogen and oxygen atoms in total. The molecule has 14 heavy (non-hydrogen) atoms. The molecule has 0 saturated carbocycles. The molecule has 0 aliphatic carbocycles. The summed E-state index contributed by atoms with van der Waals surface area (Å²) in [6, 6.07) is 3.95. The molecule has 72 valence electrons. The van der Waals surface area contributed by atoms with E-state index in [1.54, 1.807) is 18.6 Å². The number of alkyl halides is 1. The van der Waals surface area contributed by atoms with E-state index in [0.29, 0.717) is 5.88 Å². The zero-order valence-electron chi connectivity index (χ0n) is 7.57. The van der Waals surface area contributed by atoms with Crippen LogP contribution in [-0.4, -0.2) is 15.0 Å². The van der Waals surface area contributed by atoms with Crippen LogP contribution in [0.3, 0.4) is 0 Å². The Balaban J connectivity index is 2.11. The molecule has 0 radical (unpaired) electrons. The van der Waals surface area contributed by atoms with Crippen LogP contribution in [0.5, 0.6) is 0 Å². The summed E-state index contributed by atoms with van der Waals surface area (Å²) in [5.74, 6) is 1.41. The van der Waals surface area contributed by atoms with E-state index in [0.717, 1.165) is 17.9 Å². The minimum Gasteiger partial charge on any atom is -0.345 e. The van der Waals surface area contributed by atoms with Gasteiger partial charge in [0, 0.05) is 30.7 Å². The highest BCUT2D eigenvalue weighted by Gasteiger charge is 2.00. The molecular formula is C10H10ClN3. The summed E-state index contributed by atoms with van der Waals surface area (Å²) < 4.78 is 0. The van der Waals surface area contributed by atoms with Crippen molar-refractivity contribution >= 4 is 11.6 Å². The summed E-state index contributed by atoms with van der Waals surface area (Å²) in [6.45, 7) is 0. The smallest absolute Gasteiger partial charge is 0.110 e. The van der Waals surface area contributed by atoms with Crippen LogP contribution in [0.15, 0.2) is 30.7 Å². The van der Waals surface area contributed by atoms with Crippen molar-refractivity contribution in [3.63, 3.8) is 0 Å². The van der Waals surface area contributed by atoms with Gasteiger partial charge in [0.1, 0.15) is 5.82 Å². The first-order valence-corrected chi connectivity index (χ1v) is 4.89. The second kappa shape index (κ2) is 4.24. The fourth-order valence-electron chi connectivity index (χ4n) is 1.26. The molecule has 0 aromatic carbocycles. The summed E-state index contributed by atoms with van der Waals surface area (Å²) >= 11 is 5.66. The average molecular weight is 208 g/mol. The molecule has 0 aliphatic rings. The minimum absolute atomic E-state index is 0.476. The molecule has 4 heteroatoms. The molecule has 0 amide bonds. The first-order chi connectivity index (χ1) is 6.88. The van der Waals surface area contributed by atoms with Gasteiger partial charge < -0.3 is 4.98 Å². The van der Waals surface area contributed by atoms with Crippen LogP contribution in [0.25, 0.3) is 0 Å². The van der Waals surface area contributed by atoms with Gasteiger partial charge in [0.15, 0.2) is 0 Å². The van der Waals surface area contributed by atoms with E-state index in [-0.39, 0.29) is 0 Å². The van der Waals surface area contributed by atoms with Crippen molar-refractivity contribution in [3.8, 4) is 0 Å². The highest BCUT2D eigenvalue weighted by Crippen LogP contribution is 2.06. The normalized spacial score (nSPS) is 10.4.